The van der Waals surface area contributed by atoms with Gasteiger partial charge in [-0.25, -0.2) is 0 Å². The number of alkyl halides is 3. The van der Waals surface area contributed by atoms with Crippen LogP contribution >= 0.6 is 0 Å². The van der Waals surface area contributed by atoms with Gasteiger partial charge in [-0.05, 0) is 0 Å². The van der Waals surface area contributed by atoms with Crippen LogP contribution in [0.15, 0.2) is 0 Å². The lowest BCUT2D eigenvalue weighted by molar-refractivity contribution is -0.148. The number of nitrogens with zero attached hydrogens (tertiary/aromatic N) is 3. The first-order valence-electron chi connectivity index (χ1n) is 7.29. The molecular formula is C13H18F3N5O. The van der Waals surface area contributed by atoms with Crippen LogP contribution in [-0.4, -0.2) is 71.3 Å². The summed E-state index contributed by atoms with van der Waals surface area (Å²) in [4.78, 5) is 15.4. The number of aromatic amines is 1. The highest BCUT2D eigenvalue weighted by Gasteiger charge is 2.34. The summed E-state index contributed by atoms with van der Waals surface area (Å²) < 4.78 is 37.1. The maximum atomic E-state index is 12.5. The first kappa shape index (κ1) is 15.3. The van der Waals surface area contributed by atoms with Crippen molar-refractivity contribution in [3.8, 4) is 0 Å². The molecule has 1 fully saturated rings. The van der Waals surface area contributed by atoms with Crippen LogP contribution in [0.5, 0.6) is 0 Å². The Morgan fingerprint density at radius 3 is 2.64 bits per heavy atom. The first-order chi connectivity index (χ1) is 10.4. The van der Waals surface area contributed by atoms with Gasteiger partial charge in [0.05, 0.1) is 6.54 Å². The molecule has 9 heteroatoms. The highest BCUT2D eigenvalue weighted by molar-refractivity contribution is 5.94. The van der Waals surface area contributed by atoms with E-state index in [9.17, 15) is 18.0 Å². The molecule has 0 spiro atoms. The van der Waals surface area contributed by atoms with Crippen LogP contribution in [0.4, 0.5) is 13.2 Å². The zero-order chi connectivity index (χ0) is 15.7. The number of fused-ring (bicyclic) bond motifs is 1. The van der Waals surface area contributed by atoms with E-state index in [4.69, 9.17) is 0 Å². The number of hydrogen-bond donors (Lipinski definition) is 2. The SMILES string of the molecule is O=C(c1n[nH]c2c1CNCC2)N1CCN(CC(F)(F)F)CC1. The monoisotopic (exact) mass is 317 g/mol. The Balaban J connectivity index is 1.62. The Kier molecular flexibility index (Phi) is 4.09. The van der Waals surface area contributed by atoms with Gasteiger partial charge in [0.1, 0.15) is 0 Å². The fourth-order valence-electron chi connectivity index (χ4n) is 2.91. The minimum absolute atomic E-state index is 0.201. The van der Waals surface area contributed by atoms with E-state index in [1.54, 1.807) is 4.90 Å². The third kappa shape index (κ3) is 3.25. The van der Waals surface area contributed by atoms with Crippen molar-refractivity contribution in [1.29, 1.82) is 0 Å². The van der Waals surface area contributed by atoms with Crippen molar-refractivity contribution in [2.24, 2.45) is 0 Å². The highest BCUT2D eigenvalue weighted by Crippen LogP contribution is 2.20. The quantitative estimate of drug-likeness (QED) is 0.827. The molecule has 2 aliphatic rings. The number of aromatic nitrogens is 2. The van der Waals surface area contributed by atoms with Crippen molar-refractivity contribution in [2.75, 3.05) is 39.3 Å². The van der Waals surface area contributed by atoms with Crippen molar-refractivity contribution >= 4 is 5.91 Å². The van der Waals surface area contributed by atoms with E-state index in [0.717, 1.165) is 24.2 Å². The van der Waals surface area contributed by atoms with Gasteiger partial charge in [-0.15, -0.1) is 0 Å². The van der Waals surface area contributed by atoms with Crippen LogP contribution in [0.1, 0.15) is 21.7 Å². The average molecular weight is 317 g/mol. The molecule has 1 amide bonds. The van der Waals surface area contributed by atoms with E-state index in [-0.39, 0.29) is 19.0 Å². The molecule has 0 bridgehead atoms. The molecule has 0 unspecified atom stereocenters. The summed E-state index contributed by atoms with van der Waals surface area (Å²) in [7, 11) is 0. The summed E-state index contributed by atoms with van der Waals surface area (Å²) in [6.07, 6.45) is -3.39. The van der Waals surface area contributed by atoms with Gasteiger partial charge in [-0.1, -0.05) is 0 Å². The Hall–Kier alpha value is -1.61. The molecule has 0 atom stereocenters. The molecule has 0 aliphatic carbocycles. The summed E-state index contributed by atoms with van der Waals surface area (Å²) in [5.74, 6) is -0.201. The highest BCUT2D eigenvalue weighted by atomic mass is 19.4. The molecule has 1 aromatic heterocycles. The fourth-order valence-corrected chi connectivity index (χ4v) is 2.91. The number of carbonyl (C=O) groups excluding carboxylic acids is 1. The van der Waals surface area contributed by atoms with E-state index in [1.807, 2.05) is 0 Å². The predicted octanol–water partition coefficient (Wildman–Crippen LogP) is 0.376. The summed E-state index contributed by atoms with van der Waals surface area (Å²) >= 11 is 0. The van der Waals surface area contributed by atoms with Gasteiger partial charge in [-0.2, -0.15) is 18.3 Å². The normalized spacial score (nSPS) is 20.0. The molecule has 1 saturated heterocycles. The summed E-state index contributed by atoms with van der Waals surface area (Å²) in [6.45, 7) is 1.58. The standard InChI is InChI=1S/C13H18F3N5O/c14-13(15,16)8-20-3-5-21(6-4-20)12(22)11-9-7-17-2-1-10(9)18-19-11/h17H,1-8H2,(H,18,19). The Morgan fingerprint density at radius 1 is 1.23 bits per heavy atom. The van der Waals surface area contributed by atoms with Crippen LogP contribution in [0.25, 0.3) is 0 Å². The van der Waals surface area contributed by atoms with Gasteiger partial charge in [0.15, 0.2) is 5.69 Å². The number of nitrogens with one attached hydrogen (secondary N) is 2. The molecular weight excluding hydrogens is 299 g/mol. The van der Waals surface area contributed by atoms with Crippen molar-refractivity contribution in [3.05, 3.63) is 17.0 Å². The number of hydrogen-bond acceptors (Lipinski definition) is 4. The maximum Gasteiger partial charge on any atom is 0.401 e. The van der Waals surface area contributed by atoms with Gasteiger partial charge < -0.3 is 10.2 Å². The lowest BCUT2D eigenvalue weighted by Gasteiger charge is -2.34. The lowest BCUT2D eigenvalue weighted by atomic mass is 10.1. The van der Waals surface area contributed by atoms with Gasteiger partial charge in [0.2, 0.25) is 0 Å². The van der Waals surface area contributed by atoms with Gasteiger partial charge >= 0.3 is 6.18 Å². The third-order valence-electron chi connectivity index (χ3n) is 4.07. The van der Waals surface area contributed by atoms with Crippen LogP contribution in [0.3, 0.4) is 0 Å². The van der Waals surface area contributed by atoms with E-state index >= 15 is 0 Å². The van der Waals surface area contributed by atoms with E-state index in [0.29, 0.717) is 25.3 Å². The molecule has 2 aliphatic heterocycles. The molecule has 0 radical (unpaired) electrons. The Bertz CT molecular complexity index is 548. The zero-order valence-electron chi connectivity index (χ0n) is 12.0. The molecule has 122 valence electrons. The summed E-state index contributed by atoms with van der Waals surface area (Å²) in [5.41, 5.74) is 2.25. The van der Waals surface area contributed by atoms with Crippen LogP contribution < -0.4 is 5.32 Å². The van der Waals surface area contributed by atoms with Gasteiger partial charge in [-0.3, -0.25) is 14.8 Å². The second-order valence-corrected chi connectivity index (χ2v) is 5.64. The van der Waals surface area contributed by atoms with Gasteiger partial charge in [0.25, 0.3) is 5.91 Å². The zero-order valence-corrected chi connectivity index (χ0v) is 12.0. The van der Waals surface area contributed by atoms with Gasteiger partial charge in [0, 0.05) is 56.9 Å². The Labute approximate surface area is 125 Å². The number of halogens is 3. The van der Waals surface area contributed by atoms with E-state index in [2.05, 4.69) is 15.5 Å². The third-order valence-corrected chi connectivity index (χ3v) is 4.07. The topological polar surface area (TPSA) is 64.3 Å². The molecule has 22 heavy (non-hydrogen) atoms. The van der Waals surface area contributed by atoms with E-state index in [1.165, 1.54) is 4.90 Å². The number of rotatable bonds is 2. The average Bonchev–Trinajstić information content (AvgIpc) is 2.89. The minimum atomic E-state index is -4.20. The Morgan fingerprint density at radius 2 is 1.95 bits per heavy atom. The molecule has 3 heterocycles. The molecule has 6 nitrogen and oxygen atoms in total. The van der Waals surface area contributed by atoms with Crippen molar-refractivity contribution in [2.45, 2.75) is 19.1 Å². The molecule has 3 rings (SSSR count). The number of piperazine rings is 1. The fraction of sp³-hybridized carbons (Fsp3) is 0.692. The van der Waals surface area contributed by atoms with Crippen molar-refractivity contribution in [1.82, 2.24) is 25.3 Å². The summed E-state index contributed by atoms with van der Waals surface area (Å²) in [6, 6.07) is 0. The van der Waals surface area contributed by atoms with Crippen LogP contribution in [0.2, 0.25) is 0 Å². The molecule has 1 aromatic rings. The number of H-pyrrole nitrogens is 1. The lowest BCUT2D eigenvalue weighted by Crippen LogP contribution is -2.51. The maximum absolute atomic E-state index is 12.5. The minimum Gasteiger partial charge on any atom is -0.335 e. The molecule has 0 aromatic carbocycles. The van der Waals surface area contributed by atoms with Crippen molar-refractivity contribution in [3.63, 3.8) is 0 Å². The van der Waals surface area contributed by atoms with Crippen LogP contribution in [0, 0.1) is 0 Å². The number of carbonyl (C=O) groups is 1. The second-order valence-electron chi connectivity index (χ2n) is 5.64. The summed E-state index contributed by atoms with van der Waals surface area (Å²) in [5, 5.41) is 10.2. The van der Waals surface area contributed by atoms with Crippen molar-refractivity contribution < 1.29 is 18.0 Å². The molecule has 0 saturated carbocycles. The largest absolute Gasteiger partial charge is 0.401 e. The first-order valence-corrected chi connectivity index (χ1v) is 7.29. The predicted molar refractivity (Wildman–Crippen MR) is 72.4 cm³/mol. The van der Waals surface area contributed by atoms with E-state index < -0.39 is 12.7 Å². The van der Waals surface area contributed by atoms with Crippen LogP contribution in [-0.2, 0) is 13.0 Å². The number of amides is 1. The smallest absolute Gasteiger partial charge is 0.335 e. The molecule has 2 N–H and O–H groups in total. The second kappa shape index (κ2) is 5.88.